The predicted molar refractivity (Wildman–Crippen MR) is 116 cm³/mol. The molecule has 0 heterocycles. The van der Waals surface area contributed by atoms with Crippen LogP contribution in [0.3, 0.4) is 0 Å². The number of aliphatic hydroxyl groups is 4. The number of carbonyl (C=O) groups is 2. The lowest BCUT2D eigenvalue weighted by atomic mass is 9.91. The van der Waals surface area contributed by atoms with Crippen molar-refractivity contribution in [2.24, 2.45) is 5.92 Å². The molecule has 0 amide bonds. The minimum Gasteiger partial charge on any atom is -0.452 e. The van der Waals surface area contributed by atoms with Crippen LogP contribution in [-0.4, -0.2) is 63.7 Å². The van der Waals surface area contributed by atoms with Gasteiger partial charge in [-0.3, -0.25) is 9.59 Å². The highest BCUT2D eigenvalue weighted by molar-refractivity contribution is 5.73. The van der Waals surface area contributed by atoms with Gasteiger partial charge in [0.1, 0.15) is 18.3 Å². The summed E-state index contributed by atoms with van der Waals surface area (Å²) in [6, 6.07) is 0. The number of unbranched alkanes of at least 4 members (excludes halogenated alkanes) is 8. The number of rotatable bonds is 20. The van der Waals surface area contributed by atoms with E-state index in [2.05, 4.69) is 13.8 Å². The Hall–Kier alpha value is -1.02. The predicted octanol–water partition coefficient (Wildman–Crippen LogP) is 2.90. The zero-order chi connectivity index (χ0) is 22.8. The molecular formula is C23H44O7. The van der Waals surface area contributed by atoms with Crippen LogP contribution in [0.5, 0.6) is 0 Å². The van der Waals surface area contributed by atoms with Crippen molar-refractivity contribution in [3.05, 3.63) is 0 Å². The summed E-state index contributed by atoms with van der Waals surface area (Å²) in [6.45, 7) is 3.55. The zero-order valence-electron chi connectivity index (χ0n) is 18.9. The van der Waals surface area contributed by atoms with Crippen LogP contribution in [0.4, 0.5) is 0 Å². The van der Waals surface area contributed by atoms with Crippen molar-refractivity contribution in [1.82, 2.24) is 0 Å². The smallest absolute Gasteiger partial charge is 0.306 e. The molecule has 0 aromatic rings. The Morgan fingerprint density at radius 2 is 1.33 bits per heavy atom. The Morgan fingerprint density at radius 3 is 1.83 bits per heavy atom. The van der Waals surface area contributed by atoms with Crippen molar-refractivity contribution in [3.8, 4) is 0 Å². The molecule has 0 bridgehead atoms. The van der Waals surface area contributed by atoms with Crippen molar-refractivity contribution in [2.75, 3.05) is 6.61 Å². The molecule has 7 heteroatoms. The monoisotopic (exact) mass is 432 g/mol. The molecule has 1 unspecified atom stereocenters. The molecule has 5 atom stereocenters. The molecule has 0 aliphatic heterocycles. The largest absolute Gasteiger partial charge is 0.452 e. The maximum atomic E-state index is 12.4. The summed E-state index contributed by atoms with van der Waals surface area (Å²) >= 11 is 0. The molecule has 0 radical (unpaired) electrons. The van der Waals surface area contributed by atoms with Gasteiger partial charge in [-0.2, -0.15) is 0 Å². The van der Waals surface area contributed by atoms with Gasteiger partial charge in [-0.05, 0) is 18.8 Å². The number of hydrogen-bond donors (Lipinski definition) is 4. The second-order valence-electron chi connectivity index (χ2n) is 8.30. The second-order valence-corrected chi connectivity index (χ2v) is 8.30. The molecule has 0 aliphatic rings. The second kappa shape index (κ2) is 18.7. The molecule has 0 aliphatic carbocycles. The summed E-state index contributed by atoms with van der Waals surface area (Å²) in [4.78, 5) is 23.6. The number of ether oxygens (including phenoxy) is 1. The molecule has 0 saturated heterocycles. The quantitative estimate of drug-likeness (QED) is 0.132. The average Bonchev–Trinajstić information content (AvgIpc) is 2.75. The summed E-state index contributed by atoms with van der Waals surface area (Å²) in [5.74, 6) is -0.429. The third-order valence-electron chi connectivity index (χ3n) is 5.56. The molecule has 0 aromatic carbocycles. The molecule has 0 saturated carbocycles. The van der Waals surface area contributed by atoms with Crippen LogP contribution < -0.4 is 0 Å². The van der Waals surface area contributed by atoms with Gasteiger partial charge in [0.05, 0.1) is 6.61 Å². The highest BCUT2D eigenvalue weighted by atomic mass is 16.6. The SMILES string of the molecule is CCCCCCCCC(CCCCCC)CC(=O)O[C@@H](C=O)[C@@H](O)[C@H](O)[C@H](O)CO. The molecule has 0 fully saturated rings. The topological polar surface area (TPSA) is 124 Å². The van der Waals surface area contributed by atoms with Crippen LogP contribution >= 0.6 is 0 Å². The number of aliphatic hydroxyl groups excluding tert-OH is 4. The van der Waals surface area contributed by atoms with Crippen LogP contribution in [-0.2, 0) is 14.3 Å². The Bertz CT molecular complexity index is 430. The maximum Gasteiger partial charge on any atom is 0.306 e. The standard InChI is InChI=1S/C23H44O7/c1-3-5-7-9-10-12-14-18(13-11-8-6-4-2)15-21(27)30-20(17-25)23(29)22(28)19(26)16-24/h17-20,22-24,26,28-29H,3-16H2,1-2H3/t18?,19-,20+,22-,23-/m1/s1. The van der Waals surface area contributed by atoms with Crippen LogP contribution in [0, 0.1) is 5.92 Å². The van der Waals surface area contributed by atoms with Gasteiger partial charge < -0.3 is 25.2 Å². The summed E-state index contributed by atoms with van der Waals surface area (Å²) in [5, 5.41) is 38.0. The summed E-state index contributed by atoms with van der Waals surface area (Å²) in [6.07, 6.45) is 7.02. The maximum absolute atomic E-state index is 12.4. The first kappa shape index (κ1) is 29.0. The van der Waals surface area contributed by atoms with Crippen LogP contribution in [0.15, 0.2) is 0 Å². The van der Waals surface area contributed by atoms with E-state index in [-0.39, 0.29) is 18.6 Å². The van der Waals surface area contributed by atoms with E-state index in [0.29, 0.717) is 0 Å². The highest BCUT2D eigenvalue weighted by Crippen LogP contribution is 2.23. The van der Waals surface area contributed by atoms with E-state index in [9.17, 15) is 24.9 Å². The van der Waals surface area contributed by atoms with Gasteiger partial charge in [0, 0.05) is 6.42 Å². The van der Waals surface area contributed by atoms with Crippen molar-refractivity contribution in [1.29, 1.82) is 0 Å². The molecule has 4 N–H and O–H groups in total. The summed E-state index contributed by atoms with van der Waals surface area (Å²) in [5.41, 5.74) is 0. The van der Waals surface area contributed by atoms with E-state index in [1.54, 1.807) is 0 Å². The third-order valence-corrected chi connectivity index (χ3v) is 5.56. The van der Waals surface area contributed by atoms with Crippen molar-refractivity contribution in [2.45, 2.75) is 122 Å². The normalized spacial score (nSPS) is 16.5. The van der Waals surface area contributed by atoms with Gasteiger partial charge in [-0.25, -0.2) is 0 Å². The van der Waals surface area contributed by atoms with Crippen LogP contribution in [0.1, 0.15) is 97.3 Å². The molecule has 0 aromatic heterocycles. The molecule has 0 spiro atoms. The lowest BCUT2D eigenvalue weighted by Gasteiger charge is -2.26. The van der Waals surface area contributed by atoms with Gasteiger partial charge >= 0.3 is 5.97 Å². The Labute approximate surface area is 181 Å². The van der Waals surface area contributed by atoms with E-state index < -0.39 is 37.0 Å². The Balaban J connectivity index is 4.63. The summed E-state index contributed by atoms with van der Waals surface area (Å²) < 4.78 is 5.08. The Morgan fingerprint density at radius 1 is 0.833 bits per heavy atom. The lowest BCUT2D eigenvalue weighted by molar-refractivity contribution is -0.169. The van der Waals surface area contributed by atoms with E-state index in [1.165, 1.54) is 32.1 Å². The highest BCUT2D eigenvalue weighted by Gasteiger charge is 2.33. The van der Waals surface area contributed by atoms with Gasteiger partial charge in [0.2, 0.25) is 0 Å². The first-order valence-corrected chi connectivity index (χ1v) is 11.7. The lowest BCUT2D eigenvalue weighted by Crippen LogP contribution is -2.48. The minimum absolute atomic E-state index is 0.163. The Kier molecular flexibility index (Phi) is 18.1. The fourth-order valence-corrected chi connectivity index (χ4v) is 3.57. The van der Waals surface area contributed by atoms with Crippen molar-refractivity contribution < 1.29 is 34.8 Å². The van der Waals surface area contributed by atoms with E-state index in [4.69, 9.17) is 9.84 Å². The molecule has 0 rings (SSSR count). The molecular weight excluding hydrogens is 388 g/mol. The van der Waals surface area contributed by atoms with Gasteiger partial charge in [0.25, 0.3) is 0 Å². The number of aldehydes is 1. The van der Waals surface area contributed by atoms with Crippen LogP contribution in [0.25, 0.3) is 0 Å². The minimum atomic E-state index is -1.80. The molecule has 30 heavy (non-hydrogen) atoms. The molecule has 178 valence electrons. The third kappa shape index (κ3) is 13.3. The van der Waals surface area contributed by atoms with Gasteiger partial charge in [-0.15, -0.1) is 0 Å². The van der Waals surface area contributed by atoms with E-state index in [1.807, 2.05) is 0 Å². The van der Waals surface area contributed by atoms with E-state index in [0.717, 1.165) is 44.9 Å². The van der Waals surface area contributed by atoms with Gasteiger partial charge in [0.15, 0.2) is 12.4 Å². The fraction of sp³-hybridized carbons (Fsp3) is 0.913. The fourth-order valence-electron chi connectivity index (χ4n) is 3.57. The van der Waals surface area contributed by atoms with E-state index >= 15 is 0 Å². The molecule has 7 nitrogen and oxygen atoms in total. The van der Waals surface area contributed by atoms with Gasteiger partial charge in [-0.1, -0.05) is 78.1 Å². The van der Waals surface area contributed by atoms with Crippen LogP contribution in [0.2, 0.25) is 0 Å². The average molecular weight is 433 g/mol. The number of carbonyl (C=O) groups excluding carboxylic acids is 2. The summed E-state index contributed by atoms with van der Waals surface area (Å²) in [7, 11) is 0. The number of esters is 1. The zero-order valence-corrected chi connectivity index (χ0v) is 18.9. The first-order chi connectivity index (χ1) is 14.4. The van der Waals surface area contributed by atoms with Crippen molar-refractivity contribution in [3.63, 3.8) is 0 Å². The number of hydrogen-bond acceptors (Lipinski definition) is 7. The van der Waals surface area contributed by atoms with Crippen molar-refractivity contribution >= 4 is 12.3 Å². The first-order valence-electron chi connectivity index (χ1n) is 11.7.